The average molecular weight is 525 g/mol. The molecule has 0 atom stereocenters. The number of nitrogens with one attached hydrogen (secondary N) is 1. The Bertz CT molecular complexity index is 1570. The number of nitriles is 1. The van der Waals surface area contributed by atoms with Gasteiger partial charge in [-0.1, -0.05) is 12.1 Å². The van der Waals surface area contributed by atoms with Crippen LogP contribution < -0.4 is 15.0 Å². The normalized spacial score (nSPS) is 12.9. The van der Waals surface area contributed by atoms with Crippen molar-refractivity contribution in [1.82, 2.24) is 15.0 Å². The number of amides is 1. The molecule has 4 aromatic rings. The van der Waals surface area contributed by atoms with E-state index in [0.29, 0.717) is 29.3 Å². The average Bonchev–Trinajstić information content (AvgIpc) is 2.95. The minimum Gasteiger partial charge on any atom is -0.496 e. The second kappa shape index (κ2) is 11.2. The number of anilines is 2. The van der Waals surface area contributed by atoms with Crippen LogP contribution in [0.1, 0.15) is 16.1 Å². The third-order valence-corrected chi connectivity index (χ3v) is 6.51. The van der Waals surface area contributed by atoms with E-state index in [0.717, 1.165) is 24.3 Å². The van der Waals surface area contributed by atoms with Crippen molar-refractivity contribution in [3.8, 4) is 34.3 Å². The number of carbonyl (C=O) groups excluding carboxylic acids is 1. The summed E-state index contributed by atoms with van der Waals surface area (Å²) in [5, 5.41) is 12.5. The molecule has 5 rings (SSSR count). The minimum atomic E-state index is -0.555. The number of carbonyl (C=O) groups is 1. The third kappa shape index (κ3) is 5.26. The molecule has 0 unspecified atom stereocenters. The highest BCUT2D eigenvalue weighted by molar-refractivity contribution is 6.05. The van der Waals surface area contributed by atoms with Crippen LogP contribution in [-0.4, -0.2) is 54.8 Å². The molecule has 3 heterocycles. The minimum absolute atomic E-state index is 0.0407. The van der Waals surface area contributed by atoms with E-state index in [2.05, 4.69) is 31.2 Å². The van der Waals surface area contributed by atoms with E-state index in [4.69, 9.17) is 9.47 Å². The number of benzene rings is 2. The van der Waals surface area contributed by atoms with Crippen molar-refractivity contribution in [3.05, 3.63) is 84.2 Å². The van der Waals surface area contributed by atoms with Gasteiger partial charge in [0.05, 0.1) is 42.3 Å². The molecule has 2 aromatic heterocycles. The number of nitrogens with zero attached hydrogens (tertiary/aromatic N) is 5. The van der Waals surface area contributed by atoms with E-state index in [1.165, 1.54) is 31.5 Å². The quantitative estimate of drug-likeness (QED) is 0.357. The van der Waals surface area contributed by atoms with Gasteiger partial charge in [0, 0.05) is 50.3 Å². The first kappa shape index (κ1) is 25.8. The van der Waals surface area contributed by atoms with Crippen LogP contribution >= 0.6 is 0 Å². The zero-order valence-electron chi connectivity index (χ0n) is 21.4. The molecule has 1 aliphatic heterocycles. The predicted molar refractivity (Wildman–Crippen MR) is 144 cm³/mol. The first-order chi connectivity index (χ1) is 19.0. The summed E-state index contributed by atoms with van der Waals surface area (Å²) in [6, 6.07) is 15.3. The van der Waals surface area contributed by atoms with Gasteiger partial charge >= 0.3 is 0 Å². The fourth-order valence-electron chi connectivity index (χ4n) is 4.58. The lowest BCUT2D eigenvalue weighted by atomic mass is 9.97. The van der Waals surface area contributed by atoms with Crippen molar-refractivity contribution in [2.45, 2.75) is 0 Å². The Balaban J connectivity index is 1.47. The topological polar surface area (TPSA) is 113 Å². The van der Waals surface area contributed by atoms with E-state index in [-0.39, 0.29) is 22.8 Å². The van der Waals surface area contributed by atoms with Gasteiger partial charge in [0.1, 0.15) is 17.3 Å². The molecular weight excluding hydrogens is 499 g/mol. The molecule has 0 aliphatic carbocycles. The molecule has 2 aromatic carbocycles. The summed E-state index contributed by atoms with van der Waals surface area (Å²) in [5.41, 5.74) is 3.53. The summed E-state index contributed by atoms with van der Waals surface area (Å²) >= 11 is 0. The first-order valence-corrected chi connectivity index (χ1v) is 12.2. The van der Waals surface area contributed by atoms with E-state index >= 15 is 0 Å². The second-order valence-electron chi connectivity index (χ2n) is 9.03. The van der Waals surface area contributed by atoms with Crippen molar-refractivity contribution < 1.29 is 18.7 Å². The second-order valence-corrected chi connectivity index (χ2v) is 9.03. The van der Waals surface area contributed by atoms with Crippen molar-refractivity contribution in [2.24, 2.45) is 5.92 Å². The molecule has 1 amide bonds. The van der Waals surface area contributed by atoms with Crippen LogP contribution in [0.15, 0.2) is 67.1 Å². The summed E-state index contributed by atoms with van der Waals surface area (Å²) in [5.74, 6) is -0.355. The van der Waals surface area contributed by atoms with E-state index in [1.54, 1.807) is 37.7 Å². The maximum Gasteiger partial charge on any atom is 0.274 e. The molecule has 196 valence electrons. The van der Waals surface area contributed by atoms with Gasteiger partial charge in [-0.2, -0.15) is 5.26 Å². The summed E-state index contributed by atoms with van der Waals surface area (Å²) in [6.45, 7) is 2.15. The van der Waals surface area contributed by atoms with Crippen LogP contribution in [0.2, 0.25) is 0 Å². The Labute approximate surface area is 224 Å². The number of methoxy groups -OCH3 is 2. The number of hydrogen-bond donors (Lipinski definition) is 1. The number of pyridine rings is 1. The monoisotopic (exact) mass is 524 g/mol. The Morgan fingerprint density at radius 1 is 1.18 bits per heavy atom. The standard InChI is InChI=1S/C29H25FN6O3/c1-38-17-18-15-36(16-18)25-12-19(21-14-32-10-8-20(21)13-31)6-7-23(25)35-29(37)24-9-11-33-28(34-24)27-22(30)4-3-5-26(27)39-2/h3-12,14,18H,15-17H2,1-2H3,(H,35,37). The first-order valence-electron chi connectivity index (χ1n) is 12.2. The zero-order valence-corrected chi connectivity index (χ0v) is 21.4. The fourth-order valence-corrected chi connectivity index (χ4v) is 4.58. The lowest BCUT2D eigenvalue weighted by Crippen LogP contribution is -2.49. The van der Waals surface area contributed by atoms with Crippen LogP contribution in [0.3, 0.4) is 0 Å². The van der Waals surface area contributed by atoms with E-state index in [9.17, 15) is 14.4 Å². The van der Waals surface area contributed by atoms with Gasteiger partial charge in [-0.05, 0) is 42.0 Å². The van der Waals surface area contributed by atoms with Gasteiger partial charge < -0.3 is 19.7 Å². The number of halogens is 1. The predicted octanol–water partition coefficient (Wildman–Crippen LogP) is 4.56. The van der Waals surface area contributed by atoms with Gasteiger partial charge in [-0.3, -0.25) is 9.78 Å². The van der Waals surface area contributed by atoms with Gasteiger partial charge in [-0.25, -0.2) is 14.4 Å². The van der Waals surface area contributed by atoms with Crippen LogP contribution in [-0.2, 0) is 4.74 Å². The number of ether oxygens (including phenoxy) is 2. The summed E-state index contributed by atoms with van der Waals surface area (Å²) in [4.78, 5) is 28.1. The molecule has 0 radical (unpaired) electrons. The van der Waals surface area contributed by atoms with Gasteiger partial charge in [-0.15, -0.1) is 0 Å². The maximum atomic E-state index is 14.6. The maximum absolute atomic E-state index is 14.6. The van der Waals surface area contributed by atoms with Crippen LogP contribution in [0, 0.1) is 23.1 Å². The molecule has 0 bridgehead atoms. The fraction of sp³-hybridized carbons (Fsp3) is 0.207. The Morgan fingerprint density at radius 2 is 2.03 bits per heavy atom. The Kier molecular flexibility index (Phi) is 7.43. The lowest BCUT2D eigenvalue weighted by molar-refractivity contribution is 0.102. The number of aromatic nitrogens is 3. The molecular formula is C29H25FN6O3. The van der Waals surface area contributed by atoms with Crippen LogP contribution in [0.4, 0.5) is 15.8 Å². The van der Waals surface area contributed by atoms with E-state index in [1.807, 2.05) is 12.1 Å². The smallest absolute Gasteiger partial charge is 0.274 e. The Morgan fingerprint density at radius 3 is 2.79 bits per heavy atom. The SMILES string of the molecule is COCC1CN(c2cc(-c3cnccc3C#N)ccc2NC(=O)c2ccnc(-c3c(F)cccc3OC)n2)C1. The van der Waals surface area contributed by atoms with Crippen LogP contribution in [0.5, 0.6) is 5.75 Å². The van der Waals surface area contributed by atoms with Crippen LogP contribution in [0.25, 0.3) is 22.5 Å². The van der Waals surface area contributed by atoms with Gasteiger partial charge in [0.25, 0.3) is 5.91 Å². The van der Waals surface area contributed by atoms with E-state index < -0.39 is 11.7 Å². The molecule has 39 heavy (non-hydrogen) atoms. The number of rotatable bonds is 8. The molecule has 0 saturated carbocycles. The van der Waals surface area contributed by atoms with Crippen molar-refractivity contribution in [2.75, 3.05) is 44.1 Å². The molecule has 0 spiro atoms. The third-order valence-electron chi connectivity index (χ3n) is 6.51. The molecule has 1 saturated heterocycles. The zero-order chi connectivity index (χ0) is 27.4. The molecule has 1 fully saturated rings. The Hall–Kier alpha value is -4.88. The highest BCUT2D eigenvalue weighted by atomic mass is 19.1. The molecule has 10 heteroatoms. The highest BCUT2D eigenvalue weighted by Crippen LogP contribution is 2.37. The molecule has 1 aliphatic rings. The lowest BCUT2D eigenvalue weighted by Gasteiger charge is -2.41. The van der Waals surface area contributed by atoms with Gasteiger partial charge in [0.15, 0.2) is 5.82 Å². The van der Waals surface area contributed by atoms with Crippen molar-refractivity contribution in [1.29, 1.82) is 5.26 Å². The number of hydrogen-bond acceptors (Lipinski definition) is 8. The summed E-state index contributed by atoms with van der Waals surface area (Å²) in [6.07, 6.45) is 4.64. The van der Waals surface area contributed by atoms with Crippen molar-refractivity contribution >= 4 is 17.3 Å². The largest absolute Gasteiger partial charge is 0.496 e. The molecule has 9 nitrogen and oxygen atoms in total. The van der Waals surface area contributed by atoms with Gasteiger partial charge in [0.2, 0.25) is 0 Å². The summed E-state index contributed by atoms with van der Waals surface area (Å²) < 4.78 is 25.2. The highest BCUT2D eigenvalue weighted by Gasteiger charge is 2.29. The summed E-state index contributed by atoms with van der Waals surface area (Å²) in [7, 11) is 3.10. The van der Waals surface area contributed by atoms with Crippen molar-refractivity contribution in [3.63, 3.8) is 0 Å². The molecule has 1 N–H and O–H groups in total.